The van der Waals surface area contributed by atoms with Crippen molar-refractivity contribution >= 4 is 5.91 Å². The van der Waals surface area contributed by atoms with Crippen molar-refractivity contribution in [2.45, 2.75) is 32.4 Å². The zero-order chi connectivity index (χ0) is 17.5. The van der Waals surface area contributed by atoms with Crippen molar-refractivity contribution in [1.82, 2.24) is 30.3 Å². The molecule has 0 bridgehead atoms. The van der Waals surface area contributed by atoms with Crippen LogP contribution in [0.25, 0.3) is 0 Å². The van der Waals surface area contributed by atoms with Crippen molar-refractivity contribution < 1.29 is 4.79 Å². The molecule has 0 aliphatic carbocycles. The van der Waals surface area contributed by atoms with E-state index in [9.17, 15) is 4.79 Å². The number of hydrogen-bond acceptors (Lipinski definition) is 5. The fourth-order valence-electron chi connectivity index (χ4n) is 2.50. The van der Waals surface area contributed by atoms with Crippen LogP contribution in [0.3, 0.4) is 0 Å². The van der Waals surface area contributed by atoms with Gasteiger partial charge in [0.15, 0.2) is 5.69 Å². The van der Waals surface area contributed by atoms with Gasteiger partial charge in [-0.2, -0.15) is 0 Å². The van der Waals surface area contributed by atoms with E-state index in [1.165, 1.54) is 11.9 Å². The fourth-order valence-corrected chi connectivity index (χ4v) is 2.50. The highest BCUT2D eigenvalue weighted by Crippen LogP contribution is 2.08. The smallest absolute Gasteiger partial charge is 0.273 e. The second kappa shape index (κ2) is 8.14. The lowest BCUT2D eigenvalue weighted by Gasteiger charge is -2.11. The quantitative estimate of drug-likeness (QED) is 0.715. The summed E-state index contributed by atoms with van der Waals surface area (Å²) in [4.78, 5) is 20.3. The standard InChI is InChI=1S/C18H20N6O/c1-14(16-9-10-19-13-20-16)21-18(25)17-12-24(23-22-17)11-5-8-15-6-3-2-4-7-15/h2-4,6-7,9-10,12-14H,5,8,11H2,1H3,(H,21,25)/t14-/m1/s1. The predicted molar refractivity (Wildman–Crippen MR) is 92.7 cm³/mol. The lowest BCUT2D eigenvalue weighted by molar-refractivity contribution is 0.0934. The Kier molecular flexibility index (Phi) is 5.46. The molecule has 1 amide bonds. The minimum Gasteiger partial charge on any atom is -0.342 e. The molecular formula is C18H20N6O. The van der Waals surface area contributed by atoms with Crippen LogP contribution in [-0.4, -0.2) is 30.9 Å². The van der Waals surface area contributed by atoms with Crippen LogP contribution < -0.4 is 5.32 Å². The first kappa shape index (κ1) is 16.8. The first-order valence-corrected chi connectivity index (χ1v) is 8.23. The lowest BCUT2D eigenvalue weighted by atomic mass is 10.1. The van der Waals surface area contributed by atoms with Crippen LogP contribution in [0.2, 0.25) is 0 Å². The van der Waals surface area contributed by atoms with Gasteiger partial charge in [0.2, 0.25) is 0 Å². The molecule has 0 spiro atoms. The highest BCUT2D eigenvalue weighted by molar-refractivity contribution is 5.92. The van der Waals surface area contributed by atoms with Crippen LogP contribution in [0.5, 0.6) is 0 Å². The molecule has 7 heteroatoms. The second-order valence-electron chi connectivity index (χ2n) is 5.79. The maximum atomic E-state index is 12.3. The highest BCUT2D eigenvalue weighted by atomic mass is 16.2. The van der Waals surface area contributed by atoms with E-state index in [-0.39, 0.29) is 11.9 Å². The number of aromatic nitrogens is 5. The molecule has 0 radical (unpaired) electrons. The van der Waals surface area contributed by atoms with Gasteiger partial charge in [0, 0.05) is 12.7 Å². The summed E-state index contributed by atoms with van der Waals surface area (Å²) in [6.45, 7) is 2.58. The third kappa shape index (κ3) is 4.69. The first-order chi connectivity index (χ1) is 12.2. The maximum absolute atomic E-state index is 12.3. The summed E-state index contributed by atoms with van der Waals surface area (Å²) in [6, 6.07) is 11.8. The second-order valence-corrected chi connectivity index (χ2v) is 5.79. The average Bonchev–Trinajstić information content (AvgIpc) is 3.12. The predicted octanol–water partition coefficient (Wildman–Crippen LogP) is 2.19. The van der Waals surface area contributed by atoms with Crippen molar-refractivity contribution in [2.75, 3.05) is 0 Å². The molecule has 0 unspecified atom stereocenters. The molecule has 3 aromatic rings. The number of carbonyl (C=O) groups is 1. The average molecular weight is 336 g/mol. The number of benzene rings is 1. The van der Waals surface area contributed by atoms with E-state index in [2.05, 4.69) is 37.7 Å². The Bertz CT molecular complexity index is 803. The Balaban J connectivity index is 1.51. The summed E-state index contributed by atoms with van der Waals surface area (Å²) in [5, 5.41) is 10.8. The van der Waals surface area contributed by atoms with E-state index in [1.807, 2.05) is 25.1 Å². The van der Waals surface area contributed by atoms with E-state index < -0.39 is 0 Å². The van der Waals surface area contributed by atoms with E-state index in [1.54, 1.807) is 23.1 Å². The molecule has 1 atom stereocenters. The van der Waals surface area contributed by atoms with Crippen LogP contribution in [-0.2, 0) is 13.0 Å². The normalized spacial score (nSPS) is 11.9. The van der Waals surface area contributed by atoms with Gasteiger partial charge in [0.1, 0.15) is 6.33 Å². The molecule has 2 heterocycles. The molecular weight excluding hydrogens is 316 g/mol. The zero-order valence-electron chi connectivity index (χ0n) is 14.0. The SMILES string of the molecule is C[C@@H](NC(=O)c1cn(CCCc2ccccc2)nn1)c1ccncn1. The van der Waals surface area contributed by atoms with Crippen LogP contribution in [0.15, 0.2) is 55.1 Å². The van der Waals surface area contributed by atoms with E-state index in [4.69, 9.17) is 0 Å². The molecule has 1 aromatic carbocycles. The Labute approximate surface area is 146 Å². The number of amides is 1. The molecule has 25 heavy (non-hydrogen) atoms. The van der Waals surface area contributed by atoms with Gasteiger partial charge in [-0.1, -0.05) is 35.5 Å². The van der Waals surface area contributed by atoms with Gasteiger partial charge in [-0.15, -0.1) is 5.10 Å². The van der Waals surface area contributed by atoms with E-state index >= 15 is 0 Å². The Morgan fingerprint density at radius 2 is 2.08 bits per heavy atom. The van der Waals surface area contributed by atoms with Crippen LogP contribution in [0.4, 0.5) is 0 Å². The van der Waals surface area contributed by atoms with Gasteiger partial charge in [-0.05, 0) is 31.4 Å². The van der Waals surface area contributed by atoms with Crippen molar-refractivity contribution in [3.05, 3.63) is 72.1 Å². The third-order valence-electron chi connectivity index (χ3n) is 3.86. The Hall–Kier alpha value is -3.09. The molecule has 0 saturated heterocycles. The molecule has 0 aliphatic heterocycles. The molecule has 0 aliphatic rings. The van der Waals surface area contributed by atoms with Crippen LogP contribution in [0, 0.1) is 0 Å². The van der Waals surface area contributed by atoms with Crippen molar-refractivity contribution in [2.24, 2.45) is 0 Å². The van der Waals surface area contributed by atoms with E-state index in [0.29, 0.717) is 5.69 Å². The van der Waals surface area contributed by atoms with E-state index in [0.717, 1.165) is 25.1 Å². The Morgan fingerprint density at radius 3 is 2.84 bits per heavy atom. The Morgan fingerprint density at radius 1 is 1.24 bits per heavy atom. The topological polar surface area (TPSA) is 85.6 Å². The van der Waals surface area contributed by atoms with Crippen molar-refractivity contribution in [3.63, 3.8) is 0 Å². The van der Waals surface area contributed by atoms with Gasteiger partial charge in [0.05, 0.1) is 17.9 Å². The number of aryl methyl sites for hydroxylation is 2. The molecule has 3 rings (SSSR count). The van der Waals surface area contributed by atoms with Gasteiger partial charge in [0.25, 0.3) is 5.91 Å². The van der Waals surface area contributed by atoms with Gasteiger partial charge in [-0.25, -0.2) is 9.97 Å². The van der Waals surface area contributed by atoms with Gasteiger partial charge < -0.3 is 5.32 Å². The molecule has 0 fully saturated rings. The molecule has 0 saturated carbocycles. The number of nitrogens with one attached hydrogen (secondary N) is 1. The fraction of sp³-hybridized carbons (Fsp3) is 0.278. The summed E-state index contributed by atoms with van der Waals surface area (Å²) in [5.74, 6) is -0.263. The summed E-state index contributed by atoms with van der Waals surface area (Å²) >= 11 is 0. The van der Waals surface area contributed by atoms with Crippen LogP contribution in [0.1, 0.15) is 41.1 Å². The van der Waals surface area contributed by atoms with Gasteiger partial charge in [-0.3, -0.25) is 9.48 Å². The summed E-state index contributed by atoms with van der Waals surface area (Å²) in [7, 11) is 0. The minimum atomic E-state index is -0.263. The van der Waals surface area contributed by atoms with Gasteiger partial charge >= 0.3 is 0 Å². The summed E-state index contributed by atoms with van der Waals surface area (Å²) in [5.41, 5.74) is 2.35. The number of rotatable bonds is 7. The summed E-state index contributed by atoms with van der Waals surface area (Å²) in [6.07, 6.45) is 6.68. The maximum Gasteiger partial charge on any atom is 0.273 e. The first-order valence-electron chi connectivity index (χ1n) is 8.23. The number of hydrogen-bond donors (Lipinski definition) is 1. The minimum absolute atomic E-state index is 0.223. The molecule has 7 nitrogen and oxygen atoms in total. The monoisotopic (exact) mass is 336 g/mol. The zero-order valence-corrected chi connectivity index (χ0v) is 14.0. The largest absolute Gasteiger partial charge is 0.342 e. The number of nitrogens with zero attached hydrogens (tertiary/aromatic N) is 5. The molecule has 128 valence electrons. The molecule has 2 aromatic heterocycles. The van der Waals surface area contributed by atoms with Crippen molar-refractivity contribution in [1.29, 1.82) is 0 Å². The number of carbonyl (C=O) groups excluding carboxylic acids is 1. The lowest BCUT2D eigenvalue weighted by Crippen LogP contribution is -2.27. The third-order valence-corrected chi connectivity index (χ3v) is 3.86. The van der Waals surface area contributed by atoms with Crippen molar-refractivity contribution in [3.8, 4) is 0 Å². The van der Waals surface area contributed by atoms with Crippen LogP contribution >= 0.6 is 0 Å². The summed E-state index contributed by atoms with van der Waals surface area (Å²) < 4.78 is 1.70. The molecule has 1 N–H and O–H groups in total. The highest BCUT2D eigenvalue weighted by Gasteiger charge is 2.15.